The van der Waals surface area contributed by atoms with Gasteiger partial charge in [0.1, 0.15) is 5.82 Å². The van der Waals surface area contributed by atoms with Crippen molar-refractivity contribution in [2.45, 2.75) is 19.8 Å². The lowest BCUT2D eigenvalue weighted by Crippen LogP contribution is -2.39. The molecular weight excluding hydrogens is 220 g/mol. The number of carboxylic acids is 1. The number of piperidine rings is 1. The van der Waals surface area contributed by atoms with Crippen molar-refractivity contribution in [1.82, 2.24) is 9.97 Å². The van der Waals surface area contributed by atoms with Gasteiger partial charge in [-0.1, -0.05) is 0 Å². The van der Waals surface area contributed by atoms with Crippen molar-refractivity contribution in [1.29, 1.82) is 0 Å². The van der Waals surface area contributed by atoms with Gasteiger partial charge in [0.15, 0.2) is 5.82 Å². The van der Waals surface area contributed by atoms with Crippen LogP contribution < -0.4 is 10.6 Å². The Morgan fingerprint density at radius 1 is 1.65 bits per heavy atom. The summed E-state index contributed by atoms with van der Waals surface area (Å²) in [5, 5.41) is 9.03. The molecule has 0 saturated carbocycles. The van der Waals surface area contributed by atoms with Crippen LogP contribution in [0.2, 0.25) is 0 Å². The zero-order valence-corrected chi connectivity index (χ0v) is 9.76. The molecular formula is C11H16N4O2. The van der Waals surface area contributed by atoms with E-state index in [1.807, 2.05) is 4.90 Å². The maximum atomic E-state index is 11.0. The summed E-state index contributed by atoms with van der Waals surface area (Å²) in [5.74, 6) is -0.0349. The van der Waals surface area contributed by atoms with Crippen molar-refractivity contribution in [2.75, 3.05) is 23.7 Å². The highest BCUT2D eigenvalue weighted by molar-refractivity contribution is 5.72. The Kier molecular flexibility index (Phi) is 3.12. The number of nitrogens with zero attached hydrogens (tertiary/aromatic N) is 3. The van der Waals surface area contributed by atoms with Crippen LogP contribution in [0.3, 0.4) is 0 Å². The molecule has 17 heavy (non-hydrogen) atoms. The van der Waals surface area contributed by atoms with Gasteiger partial charge in [0, 0.05) is 13.1 Å². The van der Waals surface area contributed by atoms with Crippen molar-refractivity contribution in [3.63, 3.8) is 0 Å². The van der Waals surface area contributed by atoms with Crippen LogP contribution in [0.15, 0.2) is 6.20 Å². The monoisotopic (exact) mass is 236 g/mol. The fourth-order valence-electron chi connectivity index (χ4n) is 2.12. The largest absolute Gasteiger partial charge is 0.481 e. The topological polar surface area (TPSA) is 92.3 Å². The first-order valence-corrected chi connectivity index (χ1v) is 5.65. The minimum absolute atomic E-state index is 0.329. The third-order valence-corrected chi connectivity index (χ3v) is 3.03. The minimum Gasteiger partial charge on any atom is -0.481 e. The quantitative estimate of drug-likeness (QED) is 0.784. The number of nitrogens with two attached hydrogens (primary N) is 1. The van der Waals surface area contributed by atoms with Crippen molar-refractivity contribution >= 4 is 17.5 Å². The Morgan fingerprint density at radius 3 is 3.06 bits per heavy atom. The molecule has 0 bridgehead atoms. The Hall–Kier alpha value is -1.85. The molecule has 92 valence electrons. The summed E-state index contributed by atoms with van der Waals surface area (Å²) in [6.45, 7) is 3.06. The number of carbonyl (C=O) groups is 1. The highest BCUT2D eigenvalue weighted by Crippen LogP contribution is 2.26. The summed E-state index contributed by atoms with van der Waals surface area (Å²) in [5.41, 5.74) is 6.57. The highest BCUT2D eigenvalue weighted by atomic mass is 16.4. The smallest absolute Gasteiger partial charge is 0.308 e. The predicted molar refractivity (Wildman–Crippen MR) is 63.8 cm³/mol. The van der Waals surface area contributed by atoms with Gasteiger partial charge in [-0.3, -0.25) is 4.79 Å². The van der Waals surface area contributed by atoms with Crippen molar-refractivity contribution in [3.05, 3.63) is 12.0 Å². The maximum absolute atomic E-state index is 11.0. The number of carboxylic acid groups (broad SMARTS) is 1. The molecule has 1 aliphatic rings. The average Bonchev–Trinajstić information content (AvgIpc) is 2.29. The normalized spacial score (nSPS) is 20.3. The second kappa shape index (κ2) is 4.57. The van der Waals surface area contributed by atoms with E-state index in [-0.39, 0.29) is 5.92 Å². The summed E-state index contributed by atoms with van der Waals surface area (Å²) in [4.78, 5) is 21.1. The van der Waals surface area contributed by atoms with Gasteiger partial charge < -0.3 is 15.7 Å². The van der Waals surface area contributed by atoms with Gasteiger partial charge in [0.25, 0.3) is 0 Å². The summed E-state index contributed by atoms with van der Waals surface area (Å²) in [6, 6.07) is 0. The van der Waals surface area contributed by atoms with Gasteiger partial charge >= 0.3 is 5.97 Å². The van der Waals surface area contributed by atoms with E-state index >= 15 is 0 Å². The summed E-state index contributed by atoms with van der Waals surface area (Å²) in [7, 11) is 0. The van der Waals surface area contributed by atoms with Crippen LogP contribution in [-0.2, 0) is 4.79 Å². The van der Waals surface area contributed by atoms with Gasteiger partial charge in [0.2, 0.25) is 0 Å². The third-order valence-electron chi connectivity index (χ3n) is 3.03. The molecule has 2 heterocycles. The van der Waals surface area contributed by atoms with Crippen molar-refractivity contribution < 1.29 is 9.90 Å². The van der Waals surface area contributed by atoms with E-state index < -0.39 is 5.97 Å². The Morgan fingerprint density at radius 2 is 2.41 bits per heavy atom. The molecule has 6 nitrogen and oxygen atoms in total. The molecule has 0 unspecified atom stereocenters. The van der Waals surface area contributed by atoms with E-state index in [0.29, 0.717) is 18.2 Å². The molecule has 1 atom stereocenters. The molecule has 1 aromatic rings. The van der Waals surface area contributed by atoms with Crippen LogP contribution in [0.1, 0.15) is 18.7 Å². The number of aromatic nitrogens is 2. The van der Waals surface area contributed by atoms with E-state index in [1.54, 1.807) is 13.1 Å². The molecule has 1 fully saturated rings. The summed E-state index contributed by atoms with van der Waals surface area (Å²) >= 11 is 0. The van der Waals surface area contributed by atoms with E-state index in [2.05, 4.69) is 9.97 Å². The van der Waals surface area contributed by atoms with E-state index in [1.165, 1.54) is 0 Å². The molecule has 3 N–H and O–H groups in total. The first-order valence-electron chi connectivity index (χ1n) is 5.65. The Labute approximate surface area is 99.5 Å². The Balaban J connectivity index is 2.19. The summed E-state index contributed by atoms with van der Waals surface area (Å²) < 4.78 is 0. The van der Waals surface area contributed by atoms with Crippen LogP contribution >= 0.6 is 0 Å². The van der Waals surface area contributed by atoms with Crippen LogP contribution in [0.25, 0.3) is 0 Å². The van der Waals surface area contributed by atoms with Crippen LogP contribution in [0, 0.1) is 12.8 Å². The van der Waals surface area contributed by atoms with Crippen LogP contribution in [-0.4, -0.2) is 34.1 Å². The molecule has 1 saturated heterocycles. The molecule has 1 aromatic heterocycles. The standard InChI is InChI=1S/C11H16N4O2/c1-7-13-5-9(10(12)14-7)15-4-2-3-8(6-15)11(16)17/h5,8H,2-4,6H2,1H3,(H,16,17)(H2,12,13,14)/t8-/m0/s1. The zero-order chi connectivity index (χ0) is 12.4. The van der Waals surface area contributed by atoms with Gasteiger partial charge in [-0.05, 0) is 19.8 Å². The maximum Gasteiger partial charge on any atom is 0.308 e. The van der Waals surface area contributed by atoms with Gasteiger partial charge in [-0.15, -0.1) is 0 Å². The lowest BCUT2D eigenvalue weighted by atomic mass is 9.98. The number of hydrogen-bond acceptors (Lipinski definition) is 5. The first kappa shape index (κ1) is 11.6. The molecule has 0 radical (unpaired) electrons. The molecule has 0 aliphatic carbocycles. The SMILES string of the molecule is Cc1ncc(N2CCC[C@H](C(=O)O)C2)c(N)n1. The minimum atomic E-state index is -0.749. The molecule has 1 aliphatic heterocycles. The molecule has 6 heteroatoms. The van der Waals surface area contributed by atoms with Crippen LogP contribution in [0.4, 0.5) is 11.5 Å². The number of aryl methyl sites for hydroxylation is 1. The van der Waals surface area contributed by atoms with Crippen LogP contribution in [0.5, 0.6) is 0 Å². The number of rotatable bonds is 2. The number of anilines is 2. The highest BCUT2D eigenvalue weighted by Gasteiger charge is 2.26. The molecule has 0 aromatic carbocycles. The van der Waals surface area contributed by atoms with Crippen molar-refractivity contribution in [3.8, 4) is 0 Å². The molecule has 0 amide bonds. The fourth-order valence-corrected chi connectivity index (χ4v) is 2.12. The van der Waals surface area contributed by atoms with E-state index in [4.69, 9.17) is 10.8 Å². The van der Waals surface area contributed by atoms with Gasteiger partial charge in [-0.2, -0.15) is 0 Å². The molecule has 2 rings (SSSR count). The third kappa shape index (κ3) is 2.46. The lowest BCUT2D eigenvalue weighted by molar-refractivity contribution is -0.141. The van der Waals surface area contributed by atoms with Gasteiger partial charge in [0.05, 0.1) is 17.8 Å². The first-order chi connectivity index (χ1) is 8.08. The average molecular weight is 236 g/mol. The number of nitrogen functional groups attached to an aromatic ring is 1. The molecule has 0 spiro atoms. The fraction of sp³-hybridized carbons (Fsp3) is 0.545. The van der Waals surface area contributed by atoms with Gasteiger partial charge in [-0.25, -0.2) is 9.97 Å². The van der Waals surface area contributed by atoms with E-state index in [9.17, 15) is 4.79 Å². The number of aliphatic carboxylic acids is 1. The second-order valence-electron chi connectivity index (χ2n) is 4.31. The number of hydrogen-bond donors (Lipinski definition) is 2. The van der Waals surface area contributed by atoms with E-state index in [0.717, 1.165) is 25.1 Å². The Bertz CT molecular complexity index is 435. The van der Waals surface area contributed by atoms with Crippen molar-refractivity contribution in [2.24, 2.45) is 5.92 Å². The summed E-state index contributed by atoms with van der Waals surface area (Å²) in [6.07, 6.45) is 3.24. The zero-order valence-electron chi connectivity index (χ0n) is 9.76. The lowest BCUT2D eigenvalue weighted by Gasteiger charge is -2.32. The second-order valence-corrected chi connectivity index (χ2v) is 4.31. The predicted octanol–water partition coefficient (Wildman–Crippen LogP) is 0.668.